The van der Waals surface area contributed by atoms with E-state index in [0.717, 1.165) is 28.0 Å². The predicted octanol–water partition coefficient (Wildman–Crippen LogP) is 3.95. The molecule has 136 valence electrons. The number of anilines is 1. The normalized spacial score (nSPS) is 15.3. The summed E-state index contributed by atoms with van der Waals surface area (Å²) in [6, 6.07) is 15.5. The Labute approximate surface area is 169 Å². The van der Waals surface area contributed by atoms with Crippen LogP contribution in [0.3, 0.4) is 0 Å². The summed E-state index contributed by atoms with van der Waals surface area (Å²) in [5.74, 6) is 1.70. The van der Waals surface area contributed by atoms with Crippen LogP contribution in [0.4, 0.5) is 5.82 Å². The molecular formula is C23H21BN3O+. The summed E-state index contributed by atoms with van der Waals surface area (Å²) in [4.78, 5) is 6.48. The second kappa shape index (κ2) is 6.38. The fraction of sp³-hybridized carbons (Fsp3) is 0.130. The third kappa shape index (κ3) is 2.54. The molecule has 3 aromatic heterocycles. The first-order chi connectivity index (χ1) is 14.8. The Kier molecular flexibility index (Phi) is 3.14. The van der Waals surface area contributed by atoms with E-state index >= 15 is 0 Å². The molecule has 0 bridgehead atoms. The lowest BCUT2D eigenvalue weighted by atomic mass is 9.54. The van der Waals surface area contributed by atoms with Gasteiger partial charge in [-0.15, -0.1) is 0 Å². The number of rotatable bonds is 2. The highest BCUT2D eigenvalue weighted by Crippen LogP contribution is 2.28. The van der Waals surface area contributed by atoms with Gasteiger partial charge in [0.2, 0.25) is 5.71 Å². The van der Waals surface area contributed by atoms with Gasteiger partial charge >= 0.3 is 6.85 Å². The van der Waals surface area contributed by atoms with Gasteiger partial charge < -0.3 is 4.42 Å². The fourth-order valence-corrected chi connectivity index (χ4v) is 3.97. The van der Waals surface area contributed by atoms with Crippen molar-refractivity contribution in [2.45, 2.75) is 13.7 Å². The van der Waals surface area contributed by atoms with Crippen LogP contribution in [0.15, 0.2) is 71.5 Å². The second-order valence-corrected chi connectivity index (χ2v) is 7.07. The highest BCUT2D eigenvalue weighted by molar-refractivity contribution is 6.79. The van der Waals surface area contributed by atoms with E-state index in [0.29, 0.717) is 16.8 Å². The first-order valence-electron chi connectivity index (χ1n) is 10.8. The van der Waals surface area contributed by atoms with Gasteiger partial charge in [0, 0.05) is 33.3 Å². The molecule has 1 aromatic carbocycles. The summed E-state index contributed by atoms with van der Waals surface area (Å²) >= 11 is 0. The molecule has 0 spiro atoms. The quantitative estimate of drug-likeness (QED) is 0.396. The first-order valence-corrected chi connectivity index (χ1v) is 9.28. The molecule has 0 unspecified atom stereocenters. The van der Waals surface area contributed by atoms with Gasteiger partial charge in [-0.1, -0.05) is 30.3 Å². The fourth-order valence-electron chi connectivity index (χ4n) is 3.97. The minimum Gasteiger partial charge on any atom is -0.439 e. The van der Waals surface area contributed by atoms with E-state index in [2.05, 4.69) is 16.6 Å². The Morgan fingerprint density at radius 2 is 2.04 bits per heavy atom. The molecule has 1 aliphatic rings. The maximum absolute atomic E-state index is 8.05. The number of hydrogen-bond donors (Lipinski definition) is 0. The van der Waals surface area contributed by atoms with E-state index in [1.807, 2.05) is 72.4 Å². The summed E-state index contributed by atoms with van der Waals surface area (Å²) in [7, 11) is 1.88. The van der Waals surface area contributed by atoms with Gasteiger partial charge in [-0.25, -0.2) is 9.55 Å². The Hall–Kier alpha value is -3.34. The van der Waals surface area contributed by atoms with E-state index in [9.17, 15) is 0 Å². The monoisotopic (exact) mass is 369 g/mol. The summed E-state index contributed by atoms with van der Waals surface area (Å²) in [6.07, 6.45) is 7.37. The molecular weight excluding hydrogens is 345 g/mol. The molecule has 5 heteroatoms. The van der Waals surface area contributed by atoms with Crippen molar-refractivity contribution in [2.75, 3.05) is 4.81 Å². The van der Waals surface area contributed by atoms with Gasteiger partial charge in [0.25, 0.3) is 5.82 Å². The second-order valence-electron chi connectivity index (χ2n) is 7.07. The summed E-state index contributed by atoms with van der Waals surface area (Å²) in [5.41, 5.74) is 3.61. The van der Waals surface area contributed by atoms with Crippen LogP contribution < -0.4 is 14.8 Å². The summed E-state index contributed by atoms with van der Waals surface area (Å²) in [5, 5.41) is 0.990. The molecule has 1 aliphatic heterocycles. The molecule has 0 aliphatic carbocycles. The Morgan fingerprint density at radius 1 is 1.18 bits per heavy atom. The lowest BCUT2D eigenvalue weighted by molar-refractivity contribution is -0.658. The molecule has 0 amide bonds. The zero-order valence-electron chi connectivity index (χ0n) is 18.8. The summed E-state index contributed by atoms with van der Waals surface area (Å²) in [6.45, 7) is -0.118. The lowest BCUT2D eigenvalue weighted by Gasteiger charge is -2.23. The maximum atomic E-state index is 8.05. The molecule has 0 saturated heterocycles. The molecule has 0 saturated carbocycles. The van der Waals surface area contributed by atoms with Crippen LogP contribution in [0, 0.1) is 6.85 Å². The first kappa shape index (κ1) is 13.8. The molecule has 4 nitrogen and oxygen atoms in total. The largest absolute Gasteiger partial charge is 0.439 e. The van der Waals surface area contributed by atoms with Crippen LogP contribution >= 0.6 is 0 Å². The number of pyridine rings is 2. The minimum atomic E-state index is -2.22. The van der Waals surface area contributed by atoms with Gasteiger partial charge in [0.05, 0.1) is 19.4 Å². The van der Waals surface area contributed by atoms with Crippen LogP contribution in [0.25, 0.3) is 28.3 Å². The third-order valence-electron chi connectivity index (χ3n) is 5.35. The average Bonchev–Trinajstić information content (AvgIpc) is 3.13. The SMILES string of the molecule is [2H]C([2H])([2H])c1c[n+](C)c(N2C=Cc3oc4ncccc4c3B2C)cc1-c1ccccc1. The smallest absolute Gasteiger partial charge is 0.413 e. The molecule has 28 heavy (non-hydrogen) atoms. The highest BCUT2D eigenvalue weighted by atomic mass is 16.3. The van der Waals surface area contributed by atoms with Crippen molar-refractivity contribution < 1.29 is 13.1 Å². The molecule has 4 heterocycles. The third-order valence-corrected chi connectivity index (χ3v) is 5.35. The molecule has 0 atom stereocenters. The summed E-state index contributed by atoms with van der Waals surface area (Å²) < 4.78 is 32.0. The van der Waals surface area contributed by atoms with Crippen molar-refractivity contribution in [3.05, 3.63) is 78.4 Å². The molecule has 0 radical (unpaired) electrons. The Morgan fingerprint density at radius 3 is 2.86 bits per heavy atom. The van der Waals surface area contributed by atoms with E-state index in [-0.39, 0.29) is 6.85 Å². The average molecular weight is 369 g/mol. The van der Waals surface area contributed by atoms with Crippen molar-refractivity contribution in [1.29, 1.82) is 0 Å². The number of furan rings is 1. The minimum absolute atomic E-state index is 0.0149. The van der Waals surface area contributed by atoms with Crippen molar-refractivity contribution in [3.63, 3.8) is 0 Å². The van der Waals surface area contributed by atoms with Crippen LogP contribution in [0.1, 0.15) is 15.4 Å². The predicted molar refractivity (Wildman–Crippen MR) is 115 cm³/mol. The lowest BCUT2D eigenvalue weighted by Crippen LogP contribution is -2.50. The van der Waals surface area contributed by atoms with Crippen molar-refractivity contribution in [3.8, 4) is 11.1 Å². The van der Waals surface area contributed by atoms with Gasteiger partial charge in [0.15, 0.2) is 0 Å². The van der Waals surface area contributed by atoms with Gasteiger partial charge in [-0.3, -0.25) is 4.81 Å². The zero-order chi connectivity index (χ0) is 21.8. The molecule has 0 fully saturated rings. The van der Waals surface area contributed by atoms with Crippen LogP contribution in [0.2, 0.25) is 6.82 Å². The van der Waals surface area contributed by atoms with E-state index < -0.39 is 6.85 Å². The maximum Gasteiger partial charge on any atom is 0.413 e. The van der Waals surface area contributed by atoms with Crippen molar-refractivity contribution in [2.24, 2.45) is 7.05 Å². The molecule has 5 rings (SSSR count). The molecule has 0 N–H and O–H groups in total. The van der Waals surface area contributed by atoms with Gasteiger partial charge in [-0.05, 0) is 42.5 Å². The van der Waals surface area contributed by atoms with Crippen LogP contribution in [-0.4, -0.2) is 11.8 Å². The number of nitrogens with zero attached hydrogens (tertiary/aromatic N) is 3. The van der Waals surface area contributed by atoms with Gasteiger partial charge in [0.1, 0.15) is 5.76 Å². The van der Waals surface area contributed by atoms with Crippen molar-refractivity contribution in [1.82, 2.24) is 4.98 Å². The number of hydrogen-bond acceptors (Lipinski definition) is 3. The van der Waals surface area contributed by atoms with E-state index in [1.54, 1.807) is 12.4 Å². The van der Waals surface area contributed by atoms with E-state index in [1.165, 1.54) is 0 Å². The number of benzene rings is 1. The number of aromatic nitrogens is 2. The van der Waals surface area contributed by atoms with Crippen molar-refractivity contribution >= 4 is 35.3 Å². The standard InChI is InChI=1S/C23H21BN3O/c1-16-15-26(3)21(14-19(16)17-8-5-4-6-9-17)27-13-11-20-22(24(27)2)18-10-7-12-25-23(18)28-20/h4-15H,1-3H3/q+1/i1D3. The van der Waals surface area contributed by atoms with Crippen LogP contribution in [-0.2, 0) is 7.05 Å². The van der Waals surface area contributed by atoms with Gasteiger partial charge in [-0.2, -0.15) is 0 Å². The zero-order valence-corrected chi connectivity index (χ0v) is 15.8. The molecule has 4 aromatic rings. The topological polar surface area (TPSA) is 33.2 Å². The Balaban J connectivity index is 1.67. The van der Waals surface area contributed by atoms with Crippen LogP contribution in [0.5, 0.6) is 0 Å². The number of aryl methyl sites for hydroxylation is 2. The highest BCUT2D eigenvalue weighted by Gasteiger charge is 2.37. The van der Waals surface area contributed by atoms with E-state index in [4.69, 9.17) is 8.53 Å². The number of fused-ring (bicyclic) bond motifs is 3. The Bertz CT molecular complexity index is 1320.